The van der Waals surface area contributed by atoms with Gasteiger partial charge < -0.3 is 24.6 Å². The number of ether oxygens (including phenoxy) is 2. The molecule has 3 rings (SSSR count). The van der Waals surface area contributed by atoms with Crippen molar-refractivity contribution in [2.24, 2.45) is 0 Å². The molecule has 0 bridgehead atoms. The van der Waals surface area contributed by atoms with Crippen LogP contribution in [0.15, 0.2) is 78.9 Å². The lowest BCUT2D eigenvalue weighted by Crippen LogP contribution is -2.48. The Morgan fingerprint density at radius 3 is 1.98 bits per heavy atom. The molecular weight excluding hydrogens is 536 g/mol. The van der Waals surface area contributed by atoms with Crippen molar-refractivity contribution in [3.63, 3.8) is 0 Å². The third kappa shape index (κ3) is 9.09. The Bertz CT molecular complexity index is 1400. The Labute approximate surface area is 246 Å². The third-order valence-corrected chi connectivity index (χ3v) is 6.11. The van der Waals surface area contributed by atoms with Gasteiger partial charge in [0, 0.05) is 37.2 Å². The Hall–Kier alpha value is -4.86. The Morgan fingerprint density at radius 1 is 0.762 bits per heavy atom. The van der Waals surface area contributed by atoms with Crippen molar-refractivity contribution >= 4 is 40.9 Å². The largest absolute Gasteiger partial charge is 0.484 e. The van der Waals surface area contributed by atoms with Crippen LogP contribution in [0.3, 0.4) is 0 Å². The highest BCUT2D eigenvalue weighted by Gasteiger charge is 2.29. The molecule has 0 aromatic heterocycles. The molecular formula is C32H38N4O6. The molecule has 0 spiro atoms. The number of nitrogens with zero attached hydrogens (tertiary/aromatic N) is 3. The molecule has 0 aliphatic heterocycles. The van der Waals surface area contributed by atoms with E-state index in [-0.39, 0.29) is 25.0 Å². The number of amides is 4. The van der Waals surface area contributed by atoms with E-state index < -0.39 is 24.1 Å². The van der Waals surface area contributed by atoms with Crippen molar-refractivity contribution in [3.05, 3.63) is 84.4 Å². The zero-order chi connectivity index (χ0) is 30.9. The van der Waals surface area contributed by atoms with Crippen LogP contribution in [0, 0.1) is 6.92 Å². The maximum Gasteiger partial charge on any atom is 0.415 e. The van der Waals surface area contributed by atoms with E-state index in [1.54, 1.807) is 82.4 Å². The number of carbonyl (C=O) groups is 4. The molecule has 0 heterocycles. The van der Waals surface area contributed by atoms with Gasteiger partial charge in [-0.2, -0.15) is 0 Å². The van der Waals surface area contributed by atoms with Crippen LogP contribution in [0.2, 0.25) is 0 Å². The molecule has 10 nitrogen and oxygen atoms in total. The standard InChI is InChI=1S/C32H38N4O6/c1-23-12-10-15-25(18-23)36(31(40)42-32(2,3)4)21-30(39)35(20-29(38)34(6)24-13-8-7-9-14-24)26-16-11-17-27(19-26)41-22-28(37)33-5/h7-19H,20-22H2,1-6H3,(H,33,37). The lowest BCUT2D eigenvalue weighted by Gasteiger charge is -2.30. The van der Waals surface area contributed by atoms with Gasteiger partial charge in [0.1, 0.15) is 24.4 Å². The van der Waals surface area contributed by atoms with Crippen LogP contribution in [-0.4, -0.2) is 63.2 Å². The van der Waals surface area contributed by atoms with Crippen molar-refractivity contribution in [2.75, 3.05) is 48.5 Å². The van der Waals surface area contributed by atoms with E-state index in [0.717, 1.165) is 5.56 Å². The summed E-state index contributed by atoms with van der Waals surface area (Å²) < 4.78 is 11.2. The van der Waals surface area contributed by atoms with Crippen LogP contribution in [0.5, 0.6) is 5.75 Å². The van der Waals surface area contributed by atoms with Crippen molar-refractivity contribution in [2.45, 2.75) is 33.3 Å². The van der Waals surface area contributed by atoms with E-state index in [4.69, 9.17) is 9.47 Å². The van der Waals surface area contributed by atoms with E-state index >= 15 is 0 Å². The second-order valence-electron chi connectivity index (χ2n) is 10.6. The molecule has 0 radical (unpaired) electrons. The summed E-state index contributed by atoms with van der Waals surface area (Å²) in [5, 5.41) is 2.48. The molecule has 0 fully saturated rings. The number of aryl methyl sites for hydroxylation is 1. The zero-order valence-electron chi connectivity index (χ0n) is 24.9. The Kier molecular flexibility index (Phi) is 10.7. The summed E-state index contributed by atoms with van der Waals surface area (Å²) in [7, 11) is 3.13. The van der Waals surface area contributed by atoms with Gasteiger partial charge in [-0.1, -0.05) is 36.4 Å². The molecule has 0 saturated heterocycles. The van der Waals surface area contributed by atoms with Crippen molar-refractivity contribution in [1.29, 1.82) is 0 Å². The van der Waals surface area contributed by atoms with E-state index in [1.807, 2.05) is 31.2 Å². The molecule has 3 aromatic rings. The van der Waals surface area contributed by atoms with Gasteiger partial charge in [-0.05, 0) is 69.7 Å². The number of benzene rings is 3. The van der Waals surface area contributed by atoms with E-state index in [0.29, 0.717) is 22.8 Å². The number of hydrogen-bond donors (Lipinski definition) is 1. The van der Waals surface area contributed by atoms with Crippen LogP contribution in [0.25, 0.3) is 0 Å². The summed E-state index contributed by atoms with van der Waals surface area (Å²) in [6, 6.07) is 22.8. The highest BCUT2D eigenvalue weighted by Crippen LogP contribution is 2.25. The fourth-order valence-corrected chi connectivity index (χ4v) is 3.92. The molecule has 42 heavy (non-hydrogen) atoms. The summed E-state index contributed by atoms with van der Waals surface area (Å²) >= 11 is 0. The molecule has 1 N–H and O–H groups in total. The number of anilines is 3. The molecule has 0 atom stereocenters. The number of likely N-dealkylation sites (N-methyl/N-ethyl adjacent to an activating group) is 2. The van der Waals surface area contributed by atoms with Crippen LogP contribution in [0.1, 0.15) is 26.3 Å². The molecule has 4 amide bonds. The average Bonchev–Trinajstić information content (AvgIpc) is 2.96. The topological polar surface area (TPSA) is 108 Å². The lowest BCUT2D eigenvalue weighted by molar-refractivity contribution is -0.122. The number of hydrogen-bond acceptors (Lipinski definition) is 6. The minimum atomic E-state index is -0.799. The summed E-state index contributed by atoms with van der Waals surface area (Å²) in [6.07, 6.45) is -0.697. The van der Waals surface area contributed by atoms with Crippen LogP contribution >= 0.6 is 0 Å². The molecule has 10 heteroatoms. The fraction of sp³-hybridized carbons (Fsp3) is 0.312. The number of para-hydroxylation sites is 1. The van der Waals surface area contributed by atoms with Crippen LogP contribution in [-0.2, 0) is 19.1 Å². The first-order chi connectivity index (χ1) is 19.9. The molecule has 222 valence electrons. The number of nitrogens with one attached hydrogen (secondary N) is 1. The average molecular weight is 575 g/mol. The summed E-state index contributed by atoms with van der Waals surface area (Å²) in [5.41, 5.74) is 1.59. The predicted molar refractivity (Wildman–Crippen MR) is 163 cm³/mol. The molecule has 0 saturated carbocycles. The monoisotopic (exact) mass is 574 g/mol. The SMILES string of the molecule is CNC(=O)COc1cccc(N(CC(=O)N(C)c2ccccc2)C(=O)CN(C(=O)OC(C)(C)C)c2cccc(C)c2)c1. The fourth-order valence-electron chi connectivity index (χ4n) is 3.92. The molecule has 0 aliphatic rings. The first kappa shape index (κ1) is 31.7. The Balaban J connectivity index is 1.97. The molecule has 0 aliphatic carbocycles. The minimum absolute atomic E-state index is 0.219. The van der Waals surface area contributed by atoms with E-state index in [1.165, 1.54) is 21.7 Å². The summed E-state index contributed by atoms with van der Waals surface area (Å²) in [6.45, 7) is 6.18. The number of rotatable bonds is 10. The van der Waals surface area contributed by atoms with Crippen molar-refractivity contribution in [3.8, 4) is 5.75 Å². The maximum absolute atomic E-state index is 14.0. The second-order valence-corrected chi connectivity index (χ2v) is 10.6. The van der Waals surface area contributed by atoms with Gasteiger partial charge in [-0.3, -0.25) is 19.3 Å². The van der Waals surface area contributed by atoms with Crippen molar-refractivity contribution < 1.29 is 28.7 Å². The lowest BCUT2D eigenvalue weighted by atomic mass is 10.2. The van der Waals surface area contributed by atoms with Gasteiger partial charge in [0.05, 0.1) is 0 Å². The summed E-state index contributed by atoms with van der Waals surface area (Å²) in [5.74, 6) is -0.870. The quantitative estimate of drug-likeness (QED) is 0.381. The van der Waals surface area contributed by atoms with Gasteiger partial charge >= 0.3 is 6.09 Å². The molecule has 3 aromatic carbocycles. The van der Waals surface area contributed by atoms with Gasteiger partial charge in [0.2, 0.25) is 11.8 Å². The van der Waals surface area contributed by atoms with Gasteiger partial charge in [-0.25, -0.2) is 4.79 Å². The maximum atomic E-state index is 14.0. The smallest absolute Gasteiger partial charge is 0.415 e. The second kappa shape index (κ2) is 14.2. The number of carbonyl (C=O) groups excluding carboxylic acids is 4. The minimum Gasteiger partial charge on any atom is -0.484 e. The van der Waals surface area contributed by atoms with Gasteiger partial charge in [0.15, 0.2) is 6.61 Å². The van der Waals surface area contributed by atoms with Crippen LogP contribution < -0.4 is 24.8 Å². The third-order valence-electron chi connectivity index (χ3n) is 6.11. The van der Waals surface area contributed by atoms with Crippen LogP contribution in [0.4, 0.5) is 21.9 Å². The first-order valence-corrected chi connectivity index (χ1v) is 13.5. The highest BCUT2D eigenvalue weighted by molar-refractivity contribution is 6.07. The van der Waals surface area contributed by atoms with Gasteiger partial charge in [0.25, 0.3) is 5.91 Å². The van der Waals surface area contributed by atoms with Crippen molar-refractivity contribution in [1.82, 2.24) is 5.32 Å². The van der Waals surface area contributed by atoms with E-state index in [9.17, 15) is 19.2 Å². The zero-order valence-corrected chi connectivity index (χ0v) is 24.9. The molecule has 0 unspecified atom stereocenters. The highest BCUT2D eigenvalue weighted by atomic mass is 16.6. The summed E-state index contributed by atoms with van der Waals surface area (Å²) in [4.78, 5) is 56.5. The first-order valence-electron chi connectivity index (χ1n) is 13.5. The van der Waals surface area contributed by atoms with E-state index in [2.05, 4.69) is 5.32 Å². The normalized spacial score (nSPS) is 10.8. The predicted octanol–water partition coefficient (Wildman–Crippen LogP) is 4.56. The van der Waals surface area contributed by atoms with Gasteiger partial charge in [-0.15, -0.1) is 0 Å². The Morgan fingerprint density at radius 2 is 1.36 bits per heavy atom.